The predicted octanol–water partition coefficient (Wildman–Crippen LogP) is 1.93. The van der Waals surface area contributed by atoms with E-state index in [2.05, 4.69) is 16.9 Å². The lowest BCUT2D eigenvalue weighted by atomic mass is 10.2. The molecule has 0 aliphatic heterocycles. The Balaban J connectivity index is 1.92. The fourth-order valence-corrected chi connectivity index (χ4v) is 4.28. The molecule has 9 nitrogen and oxygen atoms in total. The first-order valence-corrected chi connectivity index (χ1v) is 10.9. The van der Waals surface area contributed by atoms with E-state index in [1.165, 1.54) is 26.4 Å². The van der Waals surface area contributed by atoms with Crippen molar-refractivity contribution in [3.05, 3.63) is 60.9 Å². The van der Waals surface area contributed by atoms with Gasteiger partial charge in [0.05, 0.1) is 18.6 Å². The molecule has 4 aromatic heterocycles. The van der Waals surface area contributed by atoms with E-state index in [0.29, 0.717) is 34.9 Å². The molecule has 158 valence electrons. The van der Waals surface area contributed by atoms with Crippen LogP contribution in [-0.4, -0.2) is 28.1 Å². The summed E-state index contributed by atoms with van der Waals surface area (Å²) in [5.41, 5.74) is 0.134. The van der Waals surface area contributed by atoms with Crippen molar-refractivity contribution in [2.24, 2.45) is 5.92 Å². The third-order valence-corrected chi connectivity index (χ3v) is 5.72. The van der Waals surface area contributed by atoms with E-state index in [1.54, 1.807) is 22.5 Å². The number of hydrogen-bond acceptors (Lipinski definition) is 6. The first-order valence-electron chi connectivity index (χ1n) is 10.0. The number of aryl methyl sites for hydroxylation is 1. The van der Waals surface area contributed by atoms with Gasteiger partial charge in [-0.2, -0.15) is 0 Å². The Hall–Kier alpha value is -3.01. The van der Waals surface area contributed by atoms with Crippen LogP contribution in [0.5, 0.6) is 0 Å². The third kappa shape index (κ3) is 3.51. The van der Waals surface area contributed by atoms with Gasteiger partial charge in [0.25, 0.3) is 11.1 Å². The number of unbranched alkanes of at least 4 members (excludes halogenated alkanes) is 1. The Bertz CT molecular complexity index is 1390. The van der Waals surface area contributed by atoms with Crippen molar-refractivity contribution in [3.8, 4) is 0 Å². The molecule has 0 saturated carbocycles. The van der Waals surface area contributed by atoms with Crippen molar-refractivity contribution < 1.29 is 0 Å². The van der Waals surface area contributed by atoms with Crippen LogP contribution in [-0.2, 0) is 19.6 Å². The van der Waals surface area contributed by atoms with Gasteiger partial charge >= 0.3 is 5.69 Å². The van der Waals surface area contributed by atoms with Crippen molar-refractivity contribution in [1.29, 1.82) is 0 Å². The molecular weight excluding hydrogens is 404 g/mol. The van der Waals surface area contributed by atoms with Gasteiger partial charge in [-0.15, -0.1) is 11.3 Å². The molecular formula is C20H24N6O3S. The predicted molar refractivity (Wildman–Crippen MR) is 116 cm³/mol. The van der Waals surface area contributed by atoms with Crippen molar-refractivity contribution in [2.75, 3.05) is 0 Å². The number of imidazole rings is 1. The molecule has 4 aromatic rings. The van der Waals surface area contributed by atoms with Crippen LogP contribution >= 0.6 is 11.3 Å². The summed E-state index contributed by atoms with van der Waals surface area (Å²) in [6.45, 7) is 7.14. The van der Waals surface area contributed by atoms with Crippen LogP contribution in [0.2, 0.25) is 0 Å². The molecule has 0 fully saturated rings. The van der Waals surface area contributed by atoms with E-state index < -0.39 is 11.2 Å². The summed E-state index contributed by atoms with van der Waals surface area (Å²) >= 11 is 1.33. The van der Waals surface area contributed by atoms with Gasteiger partial charge in [0.15, 0.2) is 16.1 Å². The summed E-state index contributed by atoms with van der Waals surface area (Å²) in [7, 11) is 0. The zero-order valence-corrected chi connectivity index (χ0v) is 18.1. The molecule has 4 rings (SSSR count). The van der Waals surface area contributed by atoms with Gasteiger partial charge in [0.2, 0.25) is 0 Å². The number of aromatic nitrogens is 6. The Labute approximate surface area is 175 Å². The largest absolute Gasteiger partial charge is 0.333 e. The van der Waals surface area contributed by atoms with Gasteiger partial charge in [-0.25, -0.2) is 14.8 Å². The minimum absolute atomic E-state index is 0.0612. The van der Waals surface area contributed by atoms with Crippen molar-refractivity contribution in [1.82, 2.24) is 28.1 Å². The SMILES string of the molecule is CCCCn1cnc2c1c(=O)n(Cc1cc(=O)n3ccsc3n1)c(=O)n2CC(C)C. The molecule has 0 N–H and O–H groups in total. The lowest BCUT2D eigenvalue weighted by Crippen LogP contribution is -2.41. The molecule has 10 heteroatoms. The summed E-state index contributed by atoms with van der Waals surface area (Å²) in [4.78, 5) is 48.2. The zero-order chi connectivity index (χ0) is 21.4. The van der Waals surface area contributed by atoms with Crippen molar-refractivity contribution in [3.63, 3.8) is 0 Å². The fraction of sp³-hybridized carbons (Fsp3) is 0.450. The normalized spacial score (nSPS) is 11.9. The highest BCUT2D eigenvalue weighted by atomic mass is 32.1. The second kappa shape index (κ2) is 8.02. The Kier molecular flexibility index (Phi) is 5.42. The first kappa shape index (κ1) is 20.3. The van der Waals surface area contributed by atoms with Crippen LogP contribution in [0.25, 0.3) is 16.1 Å². The van der Waals surface area contributed by atoms with Crippen LogP contribution < -0.4 is 16.8 Å². The van der Waals surface area contributed by atoms with Crippen LogP contribution in [0.3, 0.4) is 0 Å². The van der Waals surface area contributed by atoms with E-state index in [4.69, 9.17) is 0 Å². The van der Waals surface area contributed by atoms with Crippen molar-refractivity contribution in [2.45, 2.75) is 53.2 Å². The van der Waals surface area contributed by atoms with Gasteiger partial charge in [-0.05, 0) is 12.3 Å². The minimum Gasteiger partial charge on any atom is -0.325 e. The van der Waals surface area contributed by atoms with Crippen molar-refractivity contribution >= 4 is 27.5 Å². The maximum absolute atomic E-state index is 13.3. The standard InChI is InChI=1S/C20H24N6O3S/c1-4-5-6-23-12-21-17-16(23)18(28)26(20(29)25(17)10-13(2)3)11-14-9-15(27)24-7-8-30-19(24)22-14/h7-9,12-13H,4-6,10-11H2,1-3H3. The molecule has 0 radical (unpaired) electrons. The zero-order valence-electron chi connectivity index (χ0n) is 17.2. The van der Waals surface area contributed by atoms with Gasteiger partial charge in [-0.3, -0.25) is 23.1 Å². The number of thiazole rings is 1. The van der Waals surface area contributed by atoms with Gasteiger partial charge in [0, 0.05) is 30.7 Å². The highest BCUT2D eigenvalue weighted by molar-refractivity contribution is 7.15. The average molecular weight is 429 g/mol. The lowest BCUT2D eigenvalue weighted by molar-refractivity contribution is 0.493. The lowest BCUT2D eigenvalue weighted by Gasteiger charge is -2.14. The quantitative estimate of drug-likeness (QED) is 0.448. The monoisotopic (exact) mass is 428 g/mol. The maximum Gasteiger partial charge on any atom is 0.333 e. The van der Waals surface area contributed by atoms with Crippen LogP contribution in [0.4, 0.5) is 0 Å². The van der Waals surface area contributed by atoms with Gasteiger partial charge < -0.3 is 4.57 Å². The molecule has 4 heterocycles. The summed E-state index contributed by atoms with van der Waals surface area (Å²) < 4.78 is 5.98. The fourth-order valence-electron chi connectivity index (χ4n) is 3.54. The molecule has 0 aliphatic carbocycles. The molecule has 0 spiro atoms. The summed E-state index contributed by atoms with van der Waals surface area (Å²) in [5.74, 6) is 0.197. The topological polar surface area (TPSA) is 96.2 Å². The number of rotatable bonds is 7. The van der Waals surface area contributed by atoms with E-state index in [9.17, 15) is 14.4 Å². The molecule has 0 bridgehead atoms. The third-order valence-electron chi connectivity index (χ3n) is 4.96. The molecule has 0 unspecified atom stereocenters. The van der Waals surface area contributed by atoms with Crippen LogP contribution in [0.15, 0.2) is 38.4 Å². The van der Waals surface area contributed by atoms with E-state index in [1.807, 2.05) is 18.4 Å². The Morgan fingerprint density at radius 2 is 1.97 bits per heavy atom. The van der Waals surface area contributed by atoms with E-state index >= 15 is 0 Å². The van der Waals surface area contributed by atoms with E-state index in [-0.39, 0.29) is 18.0 Å². The Morgan fingerprint density at radius 1 is 1.17 bits per heavy atom. The molecule has 0 saturated heterocycles. The van der Waals surface area contributed by atoms with Gasteiger partial charge in [0.1, 0.15) is 0 Å². The highest BCUT2D eigenvalue weighted by Gasteiger charge is 2.19. The summed E-state index contributed by atoms with van der Waals surface area (Å²) in [6, 6.07) is 1.37. The molecule has 30 heavy (non-hydrogen) atoms. The van der Waals surface area contributed by atoms with E-state index in [0.717, 1.165) is 12.8 Å². The molecule has 0 atom stereocenters. The first-order chi connectivity index (χ1) is 14.4. The van der Waals surface area contributed by atoms with Gasteiger partial charge in [-0.1, -0.05) is 27.2 Å². The second-order valence-electron chi connectivity index (χ2n) is 7.78. The maximum atomic E-state index is 13.3. The summed E-state index contributed by atoms with van der Waals surface area (Å²) in [5, 5.41) is 1.77. The van der Waals surface area contributed by atoms with Crippen LogP contribution in [0.1, 0.15) is 39.3 Å². The number of hydrogen-bond donors (Lipinski definition) is 0. The number of nitrogens with zero attached hydrogens (tertiary/aromatic N) is 6. The molecule has 0 amide bonds. The smallest absolute Gasteiger partial charge is 0.325 e. The summed E-state index contributed by atoms with van der Waals surface area (Å²) in [6.07, 6.45) is 5.17. The highest BCUT2D eigenvalue weighted by Crippen LogP contribution is 2.11. The van der Waals surface area contributed by atoms with Crippen LogP contribution in [0, 0.1) is 5.92 Å². The minimum atomic E-state index is -0.435. The average Bonchev–Trinajstić information content (AvgIpc) is 3.34. The second-order valence-corrected chi connectivity index (χ2v) is 8.66. The number of fused-ring (bicyclic) bond motifs is 2. The molecule has 0 aliphatic rings. The Morgan fingerprint density at radius 3 is 2.70 bits per heavy atom. The molecule has 0 aromatic carbocycles.